The summed E-state index contributed by atoms with van der Waals surface area (Å²) >= 11 is 0. The fourth-order valence-electron chi connectivity index (χ4n) is 5.85. The summed E-state index contributed by atoms with van der Waals surface area (Å²) < 4.78 is 12.2. The molecule has 7 heteroatoms. The second-order valence-corrected chi connectivity index (χ2v) is 14.6. The summed E-state index contributed by atoms with van der Waals surface area (Å²) in [5, 5.41) is 10.8. The molecule has 262 valence electrons. The first-order valence-electron chi connectivity index (χ1n) is 18.6. The lowest BCUT2D eigenvalue weighted by Gasteiger charge is -2.35. The number of carbonyl (C=O) groups excluding carboxylic acids is 2. The molecule has 44 heavy (non-hydrogen) atoms. The van der Waals surface area contributed by atoms with Crippen LogP contribution in [0.2, 0.25) is 0 Å². The number of aliphatic hydroxyl groups excluding tert-OH is 1. The summed E-state index contributed by atoms with van der Waals surface area (Å²) in [4.78, 5) is 24.3. The molecule has 0 heterocycles. The van der Waals surface area contributed by atoms with E-state index >= 15 is 0 Å². The first-order valence-corrected chi connectivity index (χ1v) is 18.6. The van der Waals surface area contributed by atoms with Gasteiger partial charge in [-0.15, -0.1) is 0 Å². The van der Waals surface area contributed by atoms with Crippen LogP contribution in [0.3, 0.4) is 0 Å². The van der Waals surface area contributed by atoms with Crippen LogP contribution in [0.5, 0.6) is 0 Å². The second kappa shape index (κ2) is 28.1. The summed E-state index contributed by atoms with van der Waals surface area (Å²) in [6.45, 7) is 7.76. The highest BCUT2D eigenvalue weighted by Crippen LogP contribution is 2.13. The minimum atomic E-state index is -0.496. The van der Waals surface area contributed by atoms with Crippen molar-refractivity contribution in [2.45, 2.75) is 161 Å². The van der Waals surface area contributed by atoms with Gasteiger partial charge in [-0.05, 0) is 12.8 Å². The maximum absolute atomic E-state index is 12.2. The SMILES string of the molecule is CCCCCCCCCCCCCC(=O)OCC[N+](C)(C)CC(O)C[N+](C)(C)CCOC(=O)CCCCCCCCCCC. The molecule has 7 nitrogen and oxygen atoms in total. The maximum Gasteiger partial charge on any atom is 0.305 e. The number of aliphatic hydroxyl groups is 1. The van der Waals surface area contributed by atoms with Gasteiger partial charge < -0.3 is 23.5 Å². The van der Waals surface area contributed by atoms with Crippen molar-refractivity contribution in [3.05, 3.63) is 0 Å². The average molecular weight is 629 g/mol. The minimum Gasteiger partial charge on any atom is -0.460 e. The number of hydrogen-bond donors (Lipinski definition) is 1. The number of hydrogen-bond acceptors (Lipinski definition) is 5. The molecule has 0 aromatic carbocycles. The molecule has 0 radical (unpaired) electrons. The third-order valence-electron chi connectivity index (χ3n) is 8.80. The van der Waals surface area contributed by atoms with Gasteiger partial charge in [-0.25, -0.2) is 0 Å². The summed E-state index contributed by atoms with van der Waals surface area (Å²) in [5.41, 5.74) is 0. The Balaban J connectivity index is 3.89. The van der Waals surface area contributed by atoms with E-state index in [1.54, 1.807) is 0 Å². The zero-order valence-electron chi connectivity index (χ0n) is 30.4. The van der Waals surface area contributed by atoms with Crippen LogP contribution < -0.4 is 0 Å². The summed E-state index contributed by atoms with van der Waals surface area (Å²) in [7, 11) is 8.26. The molecule has 0 aliphatic rings. The number of nitrogens with zero attached hydrogens (tertiary/aromatic N) is 2. The van der Waals surface area contributed by atoms with E-state index in [2.05, 4.69) is 42.0 Å². The summed E-state index contributed by atoms with van der Waals surface area (Å²) in [5.74, 6) is -0.212. The lowest BCUT2D eigenvalue weighted by Crippen LogP contribution is -2.54. The Morgan fingerprint density at radius 3 is 1.07 bits per heavy atom. The van der Waals surface area contributed by atoms with Crippen molar-refractivity contribution in [3.8, 4) is 0 Å². The molecule has 0 amide bonds. The normalized spacial score (nSPS) is 12.8. The van der Waals surface area contributed by atoms with Gasteiger partial charge in [-0.1, -0.05) is 129 Å². The van der Waals surface area contributed by atoms with Gasteiger partial charge in [0.15, 0.2) is 6.10 Å². The molecule has 1 N–H and O–H groups in total. The van der Waals surface area contributed by atoms with Crippen LogP contribution in [-0.4, -0.2) is 99.7 Å². The fourth-order valence-corrected chi connectivity index (χ4v) is 5.85. The molecule has 0 aromatic heterocycles. The van der Waals surface area contributed by atoms with Gasteiger partial charge in [0.1, 0.15) is 39.4 Å². The van der Waals surface area contributed by atoms with Crippen LogP contribution in [0.4, 0.5) is 0 Å². The van der Waals surface area contributed by atoms with Crippen molar-refractivity contribution in [2.75, 3.05) is 67.6 Å². The third-order valence-corrected chi connectivity index (χ3v) is 8.80. The van der Waals surface area contributed by atoms with Gasteiger partial charge in [0.25, 0.3) is 0 Å². The summed E-state index contributed by atoms with van der Waals surface area (Å²) in [6, 6.07) is 0. The number of carbonyl (C=O) groups is 2. The quantitative estimate of drug-likeness (QED) is 0.0462. The Kier molecular flexibility index (Phi) is 27.3. The van der Waals surface area contributed by atoms with Crippen molar-refractivity contribution in [2.24, 2.45) is 0 Å². The number of unbranched alkanes of at least 4 members (excludes halogenated alkanes) is 18. The second-order valence-electron chi connectivity index (χ2n) is 14.6. The largest absolute Gasteiger partial charge is 0.460 e. The van der Waals surface area contributed by atoms with Crippen LogP contribution in [0.25, 0.3) is 0 Å². The third kappa shape index (κ3) is 29.5. The molecule has 1 atom stereocenters. The average Bonchev–Trinajstić information content (AvgIpc) is 2.94. The zero-order valence-corrected chi connectivity index (χ0v) is 30.4. The van der Waals surface area contributed by atoms with Crippen molar-refractivity contribution < 1.29 is 33.1 Å². The van der Waals surface area contributed by atoms with Crippen molar-refractivity contribution in [3.63, 3.8) is 0 Å². The molecule has 0 aliphatic carbocycles. The van der Waals surface area contributed by atoms with Gasteiger partial charge in [0.05, 0.1) is 28.2 Å². The number of esters is 2. The predicted molar refractivity (Wildman–Crippen MR) is 185 cm³/mol. The van der Waals surface area contributed by atoms with E-state index in [4.69, 9.17) is 9.47 Å². The van der Waals surface area contributed by atoms with E-state index in [1.165, 1.54) is 103 Å². The van der Waals surface area contributed by atoms with Crippen LogP contribution in [0, 0.1) is 0 Å². The topological polar surface area (TPSA) is 72.8 Å². The molecule has 0 bridgehead atoms. The van der Waals surface area contributed by atoms with E-state index in [1.807, 2.05) is 0 Å². The molecule has 0 aliphatic heterocycles. The first-order chi connectivity index (χ1) is 21.0. The molecular weight excluding hydrogens is 552 g/mol. The molecular formula is C37H76N2O5+2. The van der Waals surface area contributed by atoms with Crippen molar-refractivity contribution >= 4 is 11.9 Å². The van der Waals surface area contributed by atoms with Gasteiger partial charge in [0, 0.05) is 12.8 Å². The Morgan fingerprint density at radius 2 is 0.773 bits per heavy atom. The molecule has 0 fully saturated rings. The van der Waals surface area contributed by atoms with E-state index in [0.29, 0.717) is 61.2 Å². The summed E-state index contributed by atoms with van der Waals surface area (Å²) in [6.07, 6.45) is 25.6. The minimum absolute atomic E-state index is 0.105. The van der Waals surface area contributed by atoms with E-state index in [-0.39, 0.29) is 11.9 Å². The first kappa shape index (κ1) is 42.8. The van der Waals surface area contributed by atoms with Gasteiger partial charge >= 0.3 is 11.9 Å². The molecule has 1 unspecified atom stereocenters. The molecule has 0 aromatic rings. The zero-order chi connectivity index (χ0) is 32.9. The lowest BCUT2D eigenvalue weighted by atomic mass is 10.1. The van der Waals surface area contributed by atoms with Crippen LogP contribution >= 0.6 is 0 Å². The molecule has 0 saturated heterocycles. The highest BCUT2D eigenvalue weighted by Gasteiger charge is 2.27. The van der Waals surface area contributed by atoms with Gasteiger partial charge in [-0.2, -0.15) is 0 Å². The smallest absolute Gasteiger partial charge is 0.305 e. The van der Waals surface area contributed by atoms with E-state index < -0.39 is 6.10 Å². The Bertz CT molecular complexity index is 683. The highest BCUT2D eigenvalue weighted by molar-refractivity contribution is 5.69. The van der Waals surface area contributed by atoms with E-state index in [9.17, 15) is 14.7 Å². The number of ether oxygens (including phenoxy) is 2. The van der Waals surface area contributed by atoms with Gasteiger partial charge in [-0.3, -0.25) is 9.59 Å². The lowest BCUT2D eigenvalue weighted by molar-refractivity contribution is -0.914. The Labute approximate surface area is 273 Å². The van der Waals surface area contributed by atoms with Crippen LogP contribution in [0.1, 0.15) is 155 Å². The number of likely N-dealkylation sites (N-methyl/N-ethyl adjacent to an activating group) is 2. The van der Waals surface area contributed by atoms with Crippen LogP contribution in [0.15, 0.2) is 0 Å². The number of quaternary nitrogens is 2. The monoisotopic (exact) mass is 629 g/mol. The van der Waals surface area contributed by atoms with E-state index in [0.717, 1.165) is 25.7 Å². The van der Waals surface area contributed by atoms with Crippen LogP contribution in [-0.2, 0) is 19.1 Å². The highest BCUT2D eigenvalue weighted by atomic mass is 16.5. The van der Waals surface area contributed by atoms with Crippen molar-refractivity contribution in [1.29, 1.82) is 0 Å². The predicted octanol–water partition coefficient (Wildman–Crippen LogP) is 8.21. The Hall–Kier alpha value is -1.18. The fraction of sp³-hybridized carbons (Fsp3) is 0.946. The standard InChI is InChI=1S/C37H76N2O5/c1-7-9-11-13-15-17-18-20-22-24-26-28-37(42)44-32-30-39(5,6)34-35(40)33-38(3,4)29-31-43-36(41)27-25-23-21-19-16-14-12-10-8-2/h35,40H,7-34H2,1-6H3/q+2. The molecule has 0 saturated carbocycles. The van der Waals surface area contributed by atoms with Crippen molar-refractivity contribution in [1.82, 2.24) is 0 Å². The maximum atomic E-state index is 12.2. The van der Waals surface area contributed by atoms with Gasteiger partial charge in [0.2, 0.25) is 0 Å². The molecule has 0 rings (SSSR count). The molecule has 0 spiro atoms. The Morgan fingerprint density at radius 1 is 0.500 bits per heavy atom. The number of rotatable bonds is 32.